The van der Waals surface area contributed by atoms with E-state index in [4.69, 9.17) is 9.47 Å². The van der Waals surface area contributed by atoms with Crippen molar-refractivity contribution in [3.8, 4) is 0 Å². The Morgan fingerprint density at radius 1 is 1.13 bits per heavy atom. The zero-order chi connectivity index (χ0) is 22.4. The van der Waals surface area contributed by atoms with Crippen molar-refractivity contribution in [3.63, 3.8) is 0 Å². The van der Waals surface area contributed by atoms with Gasteiger partial charge in [-0.05, 0) is 92.3 Å². The lowest BCUT2D eigenvalue weighted by Gasteiger charge is -2.61. The summed E-state index contributed by atoms with van der Waals surface area (Å²) in [5.41, 5.74) is 0.349. The highest BCUT2D eigenvalue weighted by atomic mass is 16.5. The fourth-order valence-electron chi connectivity index (χ4n) is 8.75. The zero-order valence-corrected chi connectivity index (χ0v) is 20.2. The highest BCUT2D eigenvalue weighted by Crippen LogP contribution is 2.68. The Morgan fingerprint density at radius 2 is 1.90 bits per heavy atom. The minimum absolute atomic E-state index is 0.00851. The first-order valence-corrected chi connectivity index (χ1v) is 12.6. The van der Waals surface area contributed by atoms with Crippen molar-refractivity contribution >= 4 is 11.9 Å². The predicted molar refractivity (Wildman–Crippen MR) is 121 cm³/mol. The van der Waals surface area contributed by atoms with Gasteiger partial charge < -0.3 is 9.47 Å². The molecule has 3 saturated carbocycles. The number of fused-ring (bicyclic) bond motifs is 5. The maximum Gasteiger partial charge on any atom is 0.305 e. The number of methoxy groups -OCH3 is 1. The molecule has 0 saturated heterocycles. The normalized spacial score (nSPS) is 44.5. The van der Waals surface area contributed by atoms with E-state index in [-0.39, 0.29) is 23.5 Å². The van der Waals surface area contributed by atoms with Crippen molar-refractivity contribution in [2.24, 2.45) is 46.3 Å². The van der Waals surface area contributed by atoms with E-state index in [2.05, 4.69) is 32.9 Å². The van der Waals surface area contributed by atoms with E-state index < -0.39 is 0 Å². The number of allylic oxidation sites excluding steroid dienone is 2. The van der Waals surface area contributed by atoms with E-state index in [9.17, 15) is 9.59 Å². The summed E-state index contributed by atoms with van der Waals surface area (Å²) in [5.74, 6) is 3.33. The number of carbonyl (C=O) groups excluding carboxylic acids is 2. The van der Waals surface area contributed by atoms with Gasteiger partial charge in [-0.25, -0.2) is 0 Å². The van der Waals surface area contributed by atoms with Crippen LogP contribution in [0.2, 0.25) is 0 Å². The Morgan fingerprint density at radius 3 is 2.61 bits per heavy atom. The van der Waals surface area contributed by atoms with Crippen LogP contribution in [0.3, 0.4) is 0 Å². The molecular formula is C27H42O4. The smallest absolute Gasteiger partial charge is 0.305 e. The summed E-state index contributed by atoms with van der Waals surface area (Å²) >= 11 is 0. The van der Waals surface area contributed by atoms with Crippen molar-refractivity contribution in [3.05, 3.63) is 12.2 Å². The molecule has 0 aliphatic heterocycles. The van der Waals surface area contributed by atoms with Crippen LogP contribution in [0.15, 0.2) is 12.2 Å². The van der Waals surface area contributed by atoms with Gasteiger partial charge in [0.05, 0.1) is 7.11 Å². The van der Waals surface area contributed by atoms with Gasteiger partial charge in [0.15, 0.2) is 0 Å². The molecule has 4 aliphatic carbocycles. The summed E-state index contributed by atoms with van der Waals surface area (Å²) in [6.45, 7) is 8.81. The number of rotatable bonds is 5. The van der Waals surface area contributed by atoms with Crippen molar-refractivity contribution < 1.29 is 19.1 Å². The van der Waals surface area contributed by atoms with Crippen LogP contribution in [-0.4, -0.2) is 25.2 Å². The maximum absolute atomic E-state index is 12.2. The lowest BCUT2D eigenvalue weighted by molar-refractivity contribution is -0.189. The molecule has 0 aromatic carbocycles. The Hall–Kier alpha value is -1.32. The summed E-state index contributed by atoms with van der Waals surface area (Å²) in [6.07, 6.45) is 14.7. The number of hydrogen-bond donors (Lipinski definition) is 0. The van der Waals surface area contributed by atoms with Crippen molar-refractivity contribution in [1.82, 2.24) is 0 Å². The van der Waals surface area contributed by atoms with Crippen LogP contribution in [0, 0.1) is 46.3 Å². The molecule has 4 rings (SSSR count). The molecule has 4 aliphatic rings. The lowest BCUT2D eigenvalue weighted by atomic mass is 9.44. The van der Waals surface area contributed by atoms with Crippen molar-refractivity contribution in [1.29, 1.82) is 0 Å². The zero-order valence-electron chi connectivity index (χ0n) is 20.2. The predicted octanol–water partition coefficient (Wildman–Crippen LogP) is 5.94. The third-order valence-electron chi connectivity index (χ3n) is 10.3. The van der Waals surface area contributed by atoms with Crippen molar-refractivity contribution in [2.75, 3.05) is 7.11 Å². The van der Waals surface area contributed by atoms with E-state index in [1.165, 1.54) is 45.6 Å². The average Bonchev–Trinajstić information content (AvgIpc) is 3.10. The molecule has 4 nitrogen and oxygen atoms in total. The summed E-state index contributed by atoms with van der Waals surface area (Å²) in [5, 5.41) is 0. The average molecular weight is 431 g/mol. The summed E-state index contributed by atoms with van der Waals surface area (Å²) < 4.78 is 11.0. The first-order chi connectivity index (χ1) is 14.7. The number of hydrogen-bond acceptors (Lipinski definition) is 4. The summed E-state index contributed by atoms with van der Waals surface area (Å²) in [6, 6.07) is 0. The molecule has 0 aromatic rings. The minimum Gasteiger partial charge on any atom is -0.469 e. The van der Waals surface area contributed by atoms with Gasteiger partial charge in [0.1, 0.15) is 6.10 Å². The van der Waals surface area contributed by atoms with Gasteiger partial charge in [-0.1, -0.05) is 32.9 Å². The molecule has 31 heavy (non-hydrogen) atoms. The minimum atomic E-state index is -0.141. The number of esters is 2. The quantitative estimate of drug-likeness (QED) is 0.400. The van der Waals surface area contributed by atoms with Crippen LogP contribution < -0.4 is 0 Å². The molecule has 0 unspecified atom stereocenters. The second-order valence-corrected chi connectivity index (χ2v) is 11.5. The maximum atomic E-state index is 12.2. The van der Waals surface area contributed by atoms with Gasteiger partial charge in [-0.15, -0.1) is 0 Å². The Kier molecular flexibility index (Phi) is 6.31. The van der Waals surface area contributed by atoms with Gasteiger partial charge in [0.2, 0.25) is 0 Å². The van der Waals surface area contributed by atoms with Crippen LogP contribution in [-0.2, 0) is 19.1 Å². The van der Waals surface area contributed by atoms with E-state index >= 15 is 0 Å². The monoisotopic (exact) mass is 430 g/mol. The standard InChI is InChI=1S/C27H42O4/c1-17(9-14-25(29)30-5)21-12-13-22-20-11-10-19-8-6-7-15-26(19,3)23(20)16-24(27(21,22)4)31-18(2)28/h6,8,17,19-24H,7,9-16H2,1-5H3/t17-,19+,20+,21+,22-,23+,24+,26+,27-/m1/s1. The second kappa shape index (κ2) is 8.56. The topological polar surface area (TPSA) is 52.6 Å². The van der Waals surface area contributed by atoms with E-state index in [1.807, 2.05) is 0 Å². The molecule has 0 N–H and O–H groups in total. The fraction of sp³-hybridized carbons (Fsp3) is 0.852. The molecule has 3 fully saturated rings. The van der Waals surface area contributed by atoms with E-state index in [0.717, 1.165) is 18.8 Å². The highest BCUT2D eigenvalue weighted by Gasteiger charge is 2.64. The van der Waals surface area contributed by atoms with Crippen LogP contribution >= 0.6 is 0 Å². The third-order valence-corrected chi connectivity index (χ3v) is 10.3. The summed E-state index contributed by atoms with van der Waals surface area (Å²) in [4.78, 5) is 24.0. The Labute approximate surface area is 188 Å². The molecular weight excluding hydrogens is 388 g/mol. The Bertz CT molecular complexity index is 729. The number of carbonyl (C=O) groups is 2. The molecule has 9 atom stereocenters. The molecule has 0 radical (unpaired) electrons. The molecule has 0 heterocycles. The summed E-state index contributed by atoms with van der Waals surface area (Å²) in [7, 11) is 1.47. The van der Waals surface area contributed by atoms with E-state index in [1.54, 1.807) is 6.92 Å². The van der Waals surface area contributed by atoms with Crippen LogP contribution in [0.1, 0.15) is 85.5 Å². The van der Waals surface area contributed by atoms with Crippen molar-refractivity contribution in [2.45, 2.75) is 91.6 Å². The molecule has 0 amide bonds. The van der Waals surface area contributed by atoms with Crippen LogP contribution in [0.5, 0.6) is 0 Å². The number of ether oxygens (including phenoxy) is 2. The molecule has 4 heteroatoms. The first kappa shape index (κ1) is 22.9. The molecule has 0 aromatic heterocycles. The third kappa shape index (κ3) is 3.76. The van der Waals surface area contributed by atoms with E-state index in [0.29, 0.717) is 41.4 Å². The largest absolute Gasteiger partial charge is 0.469 e. The fourth-order valence-corrected chi connectivity index (χ4v) is 8.75. The molecule has 174 valence electrons. The van der Waals surface area contributed by atoms with Gasteiger partial charge >= 0.3 is 11.9 Å². The second-order valence-electron chi connectivity index (χ2n) is 11.5. The molecule has 0 bridgehead atoms. The highest BCUT2D eigenvalue weighted by molar-refractivity contribution is 5.69. The van der Waals surface area contributed by atoms with Gasteiger partial charge in [0.25, 0.3) is 0 Å². The molecule has 0 spiro atoms. The van der Waals surface area contributed by atoms with Gasteiger partial charge in [0, 0.05) is 18.8 Å². The van der Waals surface area contributed by atoms with Gasteiger partial charge in [-0.2, -0.15) is 0 Å². The van der Waals surface area contributed by atoms with Crippen LogP contribution in [0.4, 0.5) is 0 Å². The SMILES string of the molecule is COC(=O)CC[C@@H](C)[C@@H]1CC[C@@H]2[C@@H]3CC[C@@H]4C=CCC[C@]4(C)[C@H]3C[C@H](OC(C)=O)[C@@]21C. The Balaban J connectivity index is 1.63. The first-order valence-electron chi connectivity index (χ1n) is 12.6. The van der Waals surface area contributed by atoms with Crippen LogP contribution in [0.25, 0.3) is 0 Å². The lowest BCUT2D eigenvalue weighted by Crippen LogP contribution is -2.58. The van der Waals surface area contributed by atoms with Gasteiger partial charge in [-0.3, -0.25) is 9.59 Å².